The Morgan fingerprint density at radius 1 is 1.38 bits per heavy atom. The molecule has 0 aromatic rings. The molecular formula is C9H16O4. The maximum atomic E-state index is 5.35. The lowest BCUT2D eigenvalue weighted by molar-refractivity contribution is -0.0866. The van der Waals surface area contributed by atoms with Gasteiger partial charge in [0, 0.05) is 21.3 Å². The van der Waals surface area contributed by atoms with Crippen molar-refractivity contribution in [2.75, 3.05) is 27.9 Å². The molecule has 0 aromatic carbocycles. The summed E-state index contributed by atoms with van der Waals surface area (Å²) in [6.07, 6.45) is 3.27. The van der Waals surface area contributed by atoms with Gasteiger partial charge in [-0.15, -0.1) is 0 Å². The van der Waals surface area contributed by atoms with Crippen molar-refractivity contribution in [3.8, 4) is 0 Å². The lowest BCUT2D eigenvalue weighted by Gasteiger charge is -2.25. The van der Waals surface area contributed by atoms with Crippen LogP contribution < -0.4 is 0 Å². The van der Waals surface area contributed by atoms with Gasteiger partial charge in [-0.3, -0.25) is 0 Å². The van der Waals surface area contributed by atoms with Crippen molar-refractivity contribution in [1.29, 1.82) is 0 Å². The van der Waals surface area contributed by atoms with Crippen LogP contribution in [0.5, 0.6) is 0 Å². The van der Waals surface area contributed by atoms with Crippen LogP contribution in [0.15, 0.2) is 12.3 Å². The van der Waals surface area contributed by atoms with Crippen molar-refractivity contribution < 1.29 is 18.9 Å². The highest BCUT2D eigenvalue weighted by atomic mass is 16.6. The molecule has 1 heterocycles. The molecule has 0 aliphatic carbocycles. The van der Waals surface area contributed by atoms with Crippen LogP contribution in [-0.4, -0.2) is 46.2 Å². The number of hydrogen-bond donors (Lipinski definition) is 0. The van der Waals surface area contributed by atoms with Gasteiger partial charge in [0.2, 0.25) is 0 Å². The van der Waals surface area contributed by atoms with Crippen LogP contribution in [0.25, 0.3) is 0 Å². The lowest BCUT2D eigenvalue weighted by atomic mass is 10.1. The number of ether oxygens (including phenoxy) is 4. The van der Waals surface area contributed by atoms with Crippen LogP contribution in [0.2, 0.25) is 0 Å². The van der Waals surface area contributed by atoms with Gasteiger partial charge in [0.15, 0.2) is 6.10 Å². The van der Waals surface area contributed by atoms with E-state index in [9.17, 15) is 0 Å². The Morgan fingerprint density at radius 2 is 2.15 bits per heavy atom. The van der Waals surface area contributed by atoms with Crippen molar-refractivity contribution >= 4 is 0 Å². The Morgan fingerprint density at radius 3 is 2.69 bits per heavy atom. The summed E-state index contributed by atoms with van der Waals surface area (Å²) in [5, 5.41) is 0. The summed E-state index contributed by atoms with van der Waals surface area (Å²) in [7, 11) is 4.92. The van der Waals surface area contributed by atoms with Gasteiger partial charge in [-0.2, -0.15) is 0 Å². The van der Waals surface area contributed by atoms with Gasteiger partial charge >= 0.3 is 0 Å². The third-order valence-corrected chi connectivity index (χ3v) is 2.10. The predicted molar refractivity (Wildman–Crippen MR) is 47.5 cm³/mol. The van der Waals surface area contributed by atoms with Gasteiger partial charge in [0.05, 0.1) is 12.9 Å². The zero-order valence-corrected chi connectivity index (χ0v) is 8.23. The Labute approximate surface area is 78.4 Å². The Balaban J connectivity index is 2.48. The number of rotatable bonds is 5. The van der Waals surface area contributed by atoms with Crippen molar-refractivity contribution in [3.05, 3.63) is 12.3 Å². The molecule has 0 spiro atoms. The van der Waals surface area contributed by atoms with Gasteiger partial charge in [-0.05, 0) is 6.08 Å². The quantitative estimate of drug-likeness (QED) is 0.632. The first kappa shape index (κ1) is 10.5. The van der Waals surface area contributed by atoms with E-state index >= 15 is 0 Å². The normalized spacial score (nSPS) is 28.8. The standard InChI is InChI=1S/C9H16O4/c1-10-6-8(12-3)9-7(11-2)4-5-13-9/h4-5,7-9H,6H2,1-3H3. The minimum Gasteiger partial charge on any atom is -0.492 e. The largest absolute Gasteiger partial charge is 0.492 e. The maximum Gasteiger partial charge on any atom is 0.156 e. The third kappa shape index (κ3) is 2.43. The minimum atomic E-state index is -0.102. The SMILES string of the molecule is COCC(OC)C1OC=CC1OC. The van der Waals surface area contributed by atoms with E-state index in [0.717, 1.165) is 0 Å². The van der Waals surface area contributed by atoms with E-state index in [0.29, 0.717) is 6.61 Å². The van der Waals surface area contributed by atoms with Crippen LogP contribution in [0.1, 0.15) is 0 Å². The minimum absolute atomic E-state index is 0.0416. The summed E-state index contributed by atoms with van der Waals surface area (Å²) in [6.45, 7) is 0.503. The molecule has 1 aliphatic heterocycles. The molecule has 0 saturated carbocycles. The maximum absolute atomic E-state index is 5.35. The second-order valence-electron chi connectivity index (χ2n) is 2.86. The molecule has 1 aliphatic rings. The zero-order chi connectivity index (χ0) is 9.68. The molecule has 3 unspecified atom stereocenters. The van der Waals surface area contributed by atoms with E-state index in [1.54, 1.807) is 27.6 Å². The van der Waals surface area contributed by atoms with E-state index < -0.39 is 0 Å². The van der Waals surface area contributed by atoms with Crippen molar-refractivity contribution in [3.63, 3.8) is 0 Å². The Kier molecular flexibility index (Phi) is 4.21. The first-order chi connectivity index (χ1) is 6.33. The Bertz CT molecular complexity index is 169. The third-order valence-electron chi connectivity index (χ3n) is 2.10. The van der Waals surface area contributed by atoms with Crippen LogP contribution in [0.4, 0.5) is 0 Å². The summed E-state index contributed by atoms with van der Waals surface area (Å²) in [5.41, 5.74) is 0. The molecule has 4 heteroatoms. The summed E-state index contributed by atoms with van der Waals surface area (Å²) in [6, 6.07) is 0. The molecule has 0 radical (unpaired) electrons. The second-order valence-corrected chi connectivity index (χ2v) is 2.86. The van der Waals surface area contributed by atoms with Gasteiger partial charge < -0.3 is 18.9 Å². The van der Waals surface area contributed by atoms with Crippen LogP contribution in [-0.2, 0) is 18.9 Å². The molecule has 0 amide bonds. The Hall–Kier alpha value is -0.580. The fraction of sp³-hybridized carbons (Fsp3) is 0.778. The smallest absolute Gasteiger partial charge is 0.156 e. The lowest BCUT2D eigenvalue weighted by Crippen LogP contribution is -2.40. The van der Waals surface area contributed by atoms with Crippen LogP contribution in [0.3, 0.4) is 0 Å². The fourth-order valence-electron chi connectivity index (χ4n) is 1.37. The first-order valence-electron chi connectivity index (χ1n) is 4.20. The molecule has 0 saturated heterocycles. The number of hydrogen-bond acceptors (Lipinski definition) is 4. The fourth-order valence-corrected chi connectivity index (χ4v) is 1.37. The van der Waals surface area contributed by atoms with Crippen molar-refractivity contribution in [2.24, 2.45) is 0 Å². The molecule has 0 bridgehead atoms. The number of methoxy groups -OCH3 is 3. The molecule has 0 N–H and O–H groups in total. The average Bonchev–Trinajstić information content (AvgIpc) is 2.61. The van der Waals surface area contributed by atoms with Gasteiger partial charge in [0.25, 0.3) is 0 Å². The van der Waals surface area contributed by atoms with Crippen molar-refractivity contribution in [1.82, 2.24) is 0 Å². The van der Waals surface area contributed by atoms with E-state index in [-0.39, 0.29) is 18.3 Å². The predicted octanol–water partition coefficient (Wildman–Crippen LogP) is 0.575. The van der Waals surface area contributed by atoms with Gasteiger partial charge in [0.1, 0.15) is 12.2 Å². The molecule has 13 heavy (non-hydrogen) atoms. The average molecular weight is 188 g/mol. The molecular weight excluding hydrogens is 172 g/mol. The van der Waals surface area contributed by atoms with Gasteiger partial charge in [-0.1, -0.05) is 0 Å². The monoisotopic (exact) mass is 188 g/mol. The molecule has 0 fully saturated rings. The summed E-state index contributed by atoms with van der Waals surface area (Å²) in [4.78, 5) is 0. The van der Waals surface area contributed by atoms with Gasteiger partial charge in [-0.25, -0.2) is 0 Å². The molecule has 3 atom stereocenters. The first-order valence-corrected chi connectivity index (χ1v) is 4.20. The van der Waals surface area contributed by atoms with Crippen molar-refractivity contribution in [2.45, 2.75) is 18.3 Å². The second kappa shape index (κ2) is 5.21. The summed E-state index contributed by atoms with van der Waals surface area (Å²) >= 11 is 0. The van der Waals surface area contributed by atoms with E-state index in [2.05, 4.69) is 0 Å². The zero-order valence-electron chi connectivity index (χ0n) is 8.23. The van der Waals surface area contributed by atoms with Crippen LogP contribution >= 0.6 is 0 Å². The van der Waals surface area contributed by atoms with Crippen LogP contribution in [0, 0.1) is 0 Å². The molecule has 4 nitrogen and oxygen atoms in total. The van der Waals surface area contributed by atoms with E-state index in [1.165, 1.54) is 0 Å². The highest BCUT2D eigenvalue weighted by molar-refractivity contribution is 5.00. The van der Waals surface area contributed by atoms with E-state index in [1.807, 2.05) is 6.08 Å². The highest BCUT2D eigenvalue weighted by Gasteiger charge is 2.32. The summed E-state index contributed by atoms with van der Waals surface area (Å²) < 4.78 is 20.8. The topological polar surface area (TPSA) is 36.9 Å². The summed E-state index contributed by atoms with van der Waals surface area (Å²) in [5.74, 6) is 0. The highest BCUT2D eigenvalue weighted by Crippen LogP contribution is 2.18. The molecule has 0 aromatic heterocycles. The molecule has 76 valence electrons. The van der Waals surface area contributed by atoms with E-state index in [4.69, 9.17) is 18.9 Å². The molecule has 1 rings (SSSR count).